The normalized spacial score (nSPS) is 9.80. The van der Waals surface area contributed by atoms with Crippen LogP contribution < -0.4 is 5.32 Å². The number of aromatic carboxylic acids is 1. The molecule has 0 aromatic heterocycles. The third-order valence-corrected chi connectivity index (χ3v) is 2.40. The van der Waals surface area contributed by atoms with Crippen molar-refractivity contribution in [2.45, 2.75) is 0 Å². The number of carboxylic acids is 1. The number of hydrogen-bond acceptors (Lipinski definition) is 2. The van der Waals surface area contributed by atoms with Gasteiger partial charge in [-0.25, -0.2) is 4.79 Å². The summed E-state index contributed by atoms with van der Waals surface area (Å²) in [5, 5.41) is 11.2. The van der Waals surface area contributed by atoms with Crippen molar-refractivity contribution in [1.82, 2.24) is 5.32 Å². The molecule has 2 N–H and O–H groups in total. The fourth-order valence-electron chi connectivity index (χ4n) is 1.11. The van der Waals surface area contributed by atoms with Crippen LogP contribution in [0.15, 0.2) is 12.1 Å². The zero-order valence-corrected chi connectivity index (χ0v) is 9.19. The van der Waals surface area contributed by atoms with E-state index in [0.717, 1.165) is 0 Å². The first-order valence-electron chi connectivity index (χ1n) is 3.92. The SMILES string of the molecule is CNC(=O)c1c(Cl)ccc(Cl)c1C(=O)O. The summed E-state index contributed by atoms with van der Waals surface area (Å²) in [6.07, 6.45) is 0. The van der Waals surface area contributed by atoms with E-state index in [1.54, 1.807) is 0 Å². The van der Waals surface area contributed by atoms with Crippen molar-refractivity contribution in [3.05, 3.63) is 33.3 Å². The summed E-state index contributed by atoms with van der Waals surface area (Å²) in [4.78, 5) is 22.3. The summed E-state index contributed by atoms with van der Waals surface area (Å²) in [5.74, 6) is -1.87. The van der Waals surface area contributed by atoms with E-state index >= 15 is 0 Å². The van der Waals surface area contributed by atoms with E-state index in [0.29, 0.717) is 0 Å². The molecule has 1 rings (SSSR count). The van der Waals surface area contributed by atoms with Crippen LogP contribution in [0.25, 0.3) is 0 Å². The summed E-state index contributed by atoms with van der Waals surface area (Å²) in [6.45, 7) is 0. The Balaban J connectivity index is 3.52. The molecule has 6 heteroatoms. The van der Waals surface area contributed by atoms with Gasteiger partial charge in [-0.2, -0.15) is 0 Å². The molecule has 0 radical (unpaired) electrons. The summed E-state index contributed by atoms with van der Waals surface area (Å²) in [7, 11) is 1.38. The molecule has 0 bridgehead atoms. The highest BCUT2D eigenvalue weighted by Gasteiger charge is 2.22. The van der Waals surface area contributed by atoms with Crippen molar-refractivity contribution in [1.29, 1.82) is 0 Å². The van der Waals surface area contributed by atoms with Crippen LogP contribution in [-0.2, 0) is 0 Å². The Labute approximate surface area is 95.8 Å². The van der Waals surface area contributed by atoms with E-state index in [-0.39, 0.29) is 21.2 Å². The highest BCUT2D eigenvalue weighted by Crippen LogP contribution is 2.26. The number of hydrogen-bond donors (Lipinski definition) is 2. The molecular weight excluding hydrogens is 241 g/mol. The molecule has 0 aliphatic carbocycles. The maximum Gasteiger partial charge on any atom is 0.338 e. The first-order valence-corrected chi connectivity index (χ1v) is 4.68. The largest absolute Gasteiger partial charge is 0.478 e. The maximum absolute atomic E-state index is 11.4. The van der Waals surface area contributed by atoms with E-state index in [2.05, 4.69) is 5.32 Å². The lowest BCUT2D eigenvalue weighted by Crippen LogP contribution is -2.21. The zero-order valence-electron chi connectivity index (χ0n) is 7.67. The topological polar surface area (TPSA) is 66.4 Å². The standard InChI is InChI=1S/C9H7Cl2NO3/c1-12-8(13)6-4(10)2-3-5(11)7(6)9(14)15/h2-3H,1H3,(H,12,13)(H,14,15). The Morgan fingerprint density at radius 1 is 1.20 bits per heavy atom. The second kappa shape index (κ2) is 4.51. The Morgan fingerprint density at radius 2 is 1.67 bits per heavy atom. The molecule has 0 unspecified atom stereocenters. The van der Waals surface area contributed by atoms with Crippen LogP contribution in [0.3, 0.4) is 0 Å². The number of carbonyl (C=O) groups is 2. The van der Waals surface area contributed by atoms with Crippen LogP contribution in [0.4, 0.5) is 0 Å². The Morgan fingerprint density at radius 3 is 2.07 bits per heavy atom. The molecule has 0 aliphatic rings. The van der Waals surface area contributed by atoms with E-state index < -0.39 is 11.9 Å². The minimum atomic E-state index is -1.29. The number of benzene rings is 1. The Kier molecular flexibility index (Phi) is 3.55. The fourth-order valence-corrected chi connectivity index (χ4v) is 1.59. The molecular formula is C9H7Cl2NO3. The van der Waals surface area contributed by atoms with Gasteiger partial charge < -0.3 is 10.4 Å². The van der Waals surface area contributed by atoms with Crippen molar-refractivity contribution >= 4 is 35.1 Å². The second-order valence-electron chi connectivity index (χ2n) is 2.66. The number of amides is 1. The molecule has 4 nitrogen and oxygen atoms in total. The van der Waals surface area contributed by atoms with Gasteiger partial charge in [-0.05, 0) is 12.1 Å². The minimum Gasteiger partial charge on any atom is -0.478 e. The van der Waals surface area contributed by atoms with Gasteiger partial charge in [0.1, 0.15) is 0 Å². The highest BCUT2D eigenvalue weighted by molar-refractivity contribution is 6.38. The maximum atomic E-state index is 11.4. The van der Waals surface area contributed by atoms with Crippen LogP contribution in [-0.4, -0.2) is 24.0 Å². The van der Waals surface area contributed by atoms with Gasteiger partial charge >= 0.3 is 5.97 Å². The summed E-state index contributed by atoms with van der Waals surface area (Å²) < 4.78 is 0. The van der Waals surface area contributed by atoms with Gasteiger partial charge in [0.2, 0.25) is 0 Å². The molecule has 0 fully saturated rings. The van der Waals surface area contributed by atoms with Gasteiger partial charge in [-0.3, -0.25) is 4.79 Å². The summed E-state index contributed by atoms with van der Waals surface area (Å²) in [5.41, 5.74) is -0.414. The van der Waals surface area contributed by atoms with Crippen LogP contribution >= 0.6 is 23.2 Å². The van der Waals surface area contributed by atoms with E-state index in [9.17, 15) is 9.59 Å². The Hall–Kier alpha value is -1.26. The van der Waals surface area contributed by atoms with Crippen LogP contribution in [0, 0.1) is 0 Å². The quantitative estimate of drug-likeness (QED) is 0.841. The number of halogens is 2. The highest BCUT2D eigenvalue weighted by atomic mass is 35.5. The van der Waals surface area contributed by atoms with Gasteiger partial charge in [0.25, 0.3) is 5.91 Å². The molecule has 1 aromatic carbocycles. The lowest BCUT2D eigenvalue weighted by molar-refractivity contribution is 0.0691. The fraction of sp³-hybridized carbons (Fsp3) is 0.111. The lowest BCUT2D eigenvalue weighted by Gasteiger charge is -2.08. The van der Waals surface area contributed by atoms with Gasteiger partial charge in [-0.15, -0.1) is 0 Å². The molecule has 1 amide bonds. The molecule has 0 heterocycles. The second-order valence-corrected chi connectivity index (χ2v) is 3.48. The zero-order chi connectivity index (χ0) is 11.6. The number of carbonyl (C=O) groups excluding carboxylic acids is 1. The first-order chi connectivity index (χ1) is 6.99. The van der Waals surface area contributed by atoms with E-state index in [1.165, 1.54) is 19.2 Å². The number of carboxylic acid groups (broad SMARTS) is 1. The molecule has 0 atom stereocenters. The predicted octanol–water partition coefficient (Wildman–Crippen LogP) is 2.05. The predicted molar refractivity (Wildman–Crippen MR) is 56.8 cm³/mol. The third-order valence-electron chi connectivity index (χ3n) is 1.77. The van der Waals surface area contributed by atoms with E-state index in [4.69, 9.17) is 28.3 Å². The lowest BCUT2D eigenvalue weighted by atomic mass is 10.1. The molecule has 0 aliphatic heterocycles. The van der Waals surface area contributed by atoms with Crippen molar-refractivity contribution in [2.75, 3.05) is 7.05 Å². The van der Waals surface area contributed by atoms with E-state index in [1.807, 2.05) is 0 Å². The summed E-state index contributed by atoms with van der Waals surface area (Å²) in [6, 6.07) is 2.71. The third kappa shape index (κ3) is 2.22. The minimum absolute atomic E-state index is 0.0227. The molecule has 0 saturated heterocycles. The van der Waals surface area contributed by atoms with Crippen LogP contribution in [0.2, 0.25) is 10.0 Å². The summed E-state index contributed by atoms with van der Waals surface area (Å²) >= 11 is 11.4. The average Bonchev–Trinajstić information content (AvgIpc) is 2.19. The monoisotopic (exact) mass is 247 g/mol. The molecule has 1 aromatic rings. The number of nitrogens with one attached hydrogen (secondary N) is 1. The van der Waals surface area contributed by atoms with Crippen LogP contribution in [0.5, 0.6) is 0 Å². The molecule has 80 valence electrons. The van der Waals surface area contributed by atoms with Crippen LogP contribution in [0.1, 0.15) is 20.7 Å². The van der Waals surface area contributed by atoms with Crippen molar-refractivity contribution in [3.63, 3.8) is 0 Å². The Bertz CT molecular complexity index is 432. The first kappa shape index (κ1) is 11.8. The average molecular weight is 248 g/mol. The van der Waals surface area contributed by atoms with Gasteiger partial charge in [0.05, 0.1) is 21.2 Å². The van der Waals surface area contributed by atoms with Crippen molar-refractivity contribution < 1.29 is 14.7 Å². The van der Waals surface area contributed by atoms with Gasteiger partial charge in [0, 0.05) is 7.05 Å². The number of rotatable bonds is 2. The van der Waals surface area contributed by atoms with Gasteiger partial charge in [0.15, 0.2) is 0 Å². The molecule has 0 saturated carbocycles. The molecule has 0 spiro atoms. The van der Waals surface area contributed by atoms with Crippen molar-refractivity contribution in [3.8, 4) is 0 Å². The smallest absolute Gasteiger partial charge is 0.338 e. The van der Waals surface area contributed by atoms with Crippen molar-refractivity contribution in [2.24, 2.45) is 0 Å². The van der Waals surface area contributed by atoms with Gasteiger partial charge in [-0.1, -0.05) is 23.2 Å². The molecule has 15 heavy (non-hydrogen) atoms.